The largest absolute Gasteiger partial charge is 0.467 e. The zero-order chi connectivity index (χ0) is 14.2. The minimum atomic E-state index is -1.03. The van der Waals surface area contributed by atoms with E-state index >= 15 is 0 Å². The Morgan fingerprint density at radius 3 is 2.68 bits per heavy atom. The van der Waals surface area contributed by atoms with Crippen LogP contribution in [-0.2, 0) is 20.7 Å². The first kappa shape index (κ1) is 13.4. The summed E-state index contributed by atoms with van der Waals surface area (Å²) >= 11 is 0. The van der Waals surface area contributed by atoms with Crippen molar-refractivity contribution in [1.29, 1.82) is 0 Å². The molecular weight excluding hydrogens is 244 g/mol. The summed E-state index contributed by atoms with van der Waals surface area (Å²) in [5.74, 6) is -0.516. The van der Waals surface area contributed by atoms with Gasteiger partial charge in [-0.3, -0.25) is 9.69 Å². The van der Waals surface area contributed by atoms with E-state index in [0.717, 1.165) is 11.3 Å². The van der Waals surface area contributed by atoms with Crippen LogP contribution in [0.4, 0.5) is 11.4 Å². The number of aryl methyl sites for hydroxylation is 1. The Bertz CT molecular complexity index is 537. The minimum Gasteiger partial charge on any atom is -0.467 e. The third-order valence-corrected chi connectivity index (χ3v) is 3.45. The standard InChI is InChI=1S/C14H18N2O3/c1-14(2,13(18)19-3)16-11-6-5-10(15)8-9(11)4-7-12(16)17/h5-6,8H,4,7,15H2,1-3H3. The van der Waals surface area contributed by atoms with Crippen LogP contribution in [0, 0.1) is 0 Å². The van der Waals surface area contributed by atoms with Gasteiger partial charge in [0.2, 0.25) is 5.91 Å². The molecule has 0 fully saturated rings. The molecule has 1 aromatic carbocycles. The van der Waals surface area contributed by atoms with Crippen molar-refractivity contribution < 1.29 is 14.3 Å². The number of esters is 1. The van der Waals surface area contributed by atoms with Crippen LogP contribution < -0.4 is 10.6 Å². The van der Waals surface area contributed by atoms with Gasteiger partial charge in [-0.15, -0.1) is 0 Å². The van der Waals surface area contributed by atoms with Crippen molar-refractivity contribution >= 4 is 23.3 Å². The summed E-state index contributed by atoms with van der Waals surface area (Å²) in [7, 11) is 1.32. The molecule has 0 aromatic heterocycles. The molecular formula is C14H18N2O3. The van der Waals surface area contributed by atoms with Crippen molar-refractivity contribution in [3.05, 3.63) is 23.8 Å². The smallest absolute Gasteiger partial charge is 0.331 e. The summed E-state index contributed by atoms with van der Waals surface area (Å²) in [6, 6.07) is 5.37. The molecule has 2 rings (SSSR count). The molecule has 0 saturated carbocycles. The summed E-state index contributed by atoms with van der Waals surface area (Å²) in [5.41, 5.74) is 7.11. The maximum atomic E-state index is 12.2. The number of carbonyl (C=O) groups excluding carboxylic acids is 2. The maximum absolute atomic E-state index is 12.2. The molecule has 0 bridgehead atoms. The number of anilines is 2. The SMILES string of the molecule is COC(=O)C(C)(C)N1C(=O)CCc2cc(N)ccc21. The highest BCUT2D eigenvalue weighted by molar-refractivity contribution is 6.03. The first-order valence-electron chi connectivity index (χ1n) is 6.18. The highest BCUT2D eigenvalue weighted by atomic mass is 16.5. The Morgan fingerprint density at radius 1 is 1.37 bits per heavy atom. The predicted octanol–water partition coefficient (Wildman–Crippen LogP) is 1.50. The molecule has 5 heteroatoms. The first-order chi connectivity index (χ1) is 8.87. The van der Waals surface area contributed by atoms with Crippen LogP contribution in [0.2, 0.25) is 0 Å². The van der Waals surface area contributed by atoms with E-state index in [1.807, 2.05) is 6.07 Å². The fourth-order valence-electron chi connectivity index (χ4n) is 2.47. The number of ether oxygens (including phenoxy) is 1. The van der Waals surface area contributed by atoms with E-state index in [1.54, 1.807) is 26.0 Å². The molecule has 0 radical (unpaired) electrons. The number of benzene rings is 1. The van der Waals surface area contributed by atoms with Crippen LogP contribution in [0.5, 0.6) is 0 Å². The monoisotopic (exact) mass is 262 g/mol. The second kappa shape index (κ2) is 4.57. The van der Waals surface area contributed by atoms with E-state index < -0.39 is 11.5 Å². The molecule has 2 N–H and O–H groups in total. The summed E-state index contributed by atoms with van der Waals surface area (Å²) in [4.78, 5) is 25.6. The summed E-state index contributed by atoms with van der Waals surface area (Å²) < 4.78 is 4.80. The molecule has 5 nitrogen and oxygen atoms in total. The van der Waals surface area contributed by atoms with Gasteiger partial charge >= 0.3 is 5.97 Å². The number of carbonyl (C=O) groups is 2. The number of nitrogen functional groups attached to an aromatic ring is 1. The van der Waals surface area contributed by atoms with Gasteiger partial charge in [-0.1, -0.05) is 0 Å². The first-order valence-corrected chi connectivity index (χ1v) is 6.18. The number of hydrogen-bond acceptors (Lipinski definition) is 4. The van der Waals surface area contributed by atoms with Gasteiger partial charge in [-0.05, 0) is 44.0 Å². The van der Waals surface area contributed by atoms with E-state index in [-0.39, 0.29) is 5.91 Å². The number of hydrogen-bond donors (Lipinski definition) is 1. The Balaban J connectivity index is 2.52. The zero-order valence-corrected chi connectivity index (χ0v) is 11.4. The fraction of sp³-hybridized carbons (Fsp3) is 0.429. The van der Waals surface area contributed by atoms with E-state index in [9.17, 15) is 9.59 Å². The molecule has 0 unspecified atom stereocenters. The van der Waals surface area contributed by atoms with Gasteiger partial charge in [-0.2, -0.15) is 0 Å². The Morgan fingerprint density at radius 2 is 2.05 bits per heavy atom. The fourth-order valence-corrected chi connectivity index (χ4v) is 2.47. The van der Waals surface area contributed by atoms with Gasteiger partial charge in [0.05, 0.1) is 7.11 Å². The van der Waals surface area contributed by atoms with Crippen LogP contribution in [0.3, 0.4) is 0 Å². The van der Waals surface area contributed by atoms with Gasteiger partial charge in [0, 0.05) is 17.8 Å². The highest BCUT2D eigenvalue weighted by Gasteiger charge is 2.42. The topological polar surface area (TPSA) is 72.6 Å². The van der Waals surface area contributed by atoms with Crippen LogP contribution in [-0.4, -0.2) is 24.5 Å². The third-order valence-electron chi connectivity index (χ3n) is 3.45. The molecule has 0 saturated heterocycles. The molecule has 1 aliphatic rings. The molecule has 0 aliphatic carbocycles. The van der Waals surface area contributed by atoms with Gasteiger partial charge in [-0.25, -0.2) is 4.79 Å². The number of nitrogens with two attached hydrogens (primary N) is 1. The minimum absolute atomic E-state index is 0.0762. The van der Waals surface area contributed by atoms with Gasteiger partial charge in [0.25, 0.3) is 0 Å². The highest BCUT2D eigenvalue weighted by Crippen LogP contribution is 2.35. The lowest BCUT2D eigenvalue weighted by Crippen LogP contribution is -2.55. The van der Waals surface area contributed by atoms with Crippen LogP contribution in [0.1, 0.15) is 25.8 Å². The lowest BCUT2D eigenvalue weighted by molar-refractivity contribution is -0.147. The van der Waals surface area contributed by atoms with Crippen molar-refractivity contribution in [3.63, 3.8) is 0 Å². The molecule has 1 aliphatic heterocycles. The molecule has 1 heterocycles. The molecule has 1 aromatic rings. The molecule has 0 atom stereocenters. The van der Waals surface area contributed by atoms with Crippen LogP contribution in [0.15, 0.2) is 18.2 Å². The van der Waals surface area contributed by atoms with Crippen molar-refractivity contribution in [2.75, 3.05) is 17.7 Å². The van der Waals surface area contributed by atoms with Crippen molar-refractivity contribution in [1.82, 2.24) is 0 Å². The second-order valence-corrected chi connectivity index (χ2v) is 5.17. The van der Waals surface area contributed by atoms with Crippen molar-refractivity contribution in [3.8, 4) is 0 Å². The van der Waals surface area contributed by atoms with Crippen LogP contribution in [0.25, 0.3) is 0 Å². The number of rotatable bonds is 2. The quantitative estimate of drug-likeness (QED) is 0.647. The molecule has 1 amide bonds. The number of fused-ring (bicyclic) bond motifs is 1. The summed E-state index contributed by atoms with van der Waals surface area (Å²) in [6.07, 6.45) is 1.02. The summed E-state index contributed by atoms with van der Waals surface area (Å²) in [6.45, 7) is 3.37. The lowest BCUT2D eigenvalue weighted by atomic mass is 9.93. The molecule has 19 heavy (non-hydrogen) atoms. The zero-order valence-electron chi connectivity index (χ0n) is 11.4. The Labute approximate surface area is 112 Å². The molecule has 0 spiro atoms. The Kier molecular flexibility index (Phi) is 3.22. The average Bonchev–Trinajstić information content (AvgIpc) is 2.37. The molecule has 102 valence electrons. The van der Waals surface area contributed by atoms with Gasteiger partial charge in [0.15, 0.2) is 0 Å². The second-order valence-electron chi connectivity index (χ2n) is 5.17. The normalized spacial score (nSPS) is 15.1. The van der Waals surface area contributed by atoms with E-state index in [2.05, 4.69) is 0 Å². The predicted molar refractivity (Wildman–Crippen MR) is 72.8 cm³/mol. The van der Waals surface area contributed by atoms with Crippen molar-refractivity contribution in [2.45, 2.75) is 32.2 Å². The maximum Gasteiger partial charge on any atom is 0.331 e. The van der Waals surface area contributed by atoms with Crippen LogP contribution >= 0.6 is 0 Å². The van der Waals surface area contributed by atoms with E-state index in [1.165, 1.54) is 12.0 Å². The van der Waals surface area contributed by atoms with E-state index in [4.69, 9.17) is 10.5 Å². The Hall–Kier alpha value is -2.04. The summed E-state index contributed by atoms with van der Waals surface area (Å²) in [5, 5.41) is 0. The van der Waals surface area contributed by atoms with Crippen molar-refractivity contribution in [2.24, 2.45) is 0 Å². The number of amides is 1. The lowest BCUT2D eigenvalue weighted by Gasteiger charge is -2.39. The number of nitrogens with zero attached hydrogens (tertiary/aromatic N) is 1. The average molecular weight is 262 g/mol. The third kappa shape index (κ3) is 2.16. The van der Waals surface area contributed by atoms with Gasteiger partial charge < -0.3 is 10.5 Å². The van der Waals surface area contributed by atoms with E-state index in [0.29, 0.717) is 18.5 Å². The number of methoxy groups -OCH3 is 1. The van der Waals surface area contributed by atoms with Gasteiger partial charge in [0.1, 0.15) is 5.54 Å².